The molecule has 0 atom stereocenters. The van der Waals surface area contributed by atoms with E-state index in [0.717, 1.165) is 24.1 Å². The molecule has 1 aromatic carbocycles. The van der Waals surface area contributed by atoms with Crippen LogP contribution in [0.3, 0.4) is 0 Å². The highest BCUT2D eigenvalue weighted by atomic mass is 32.2. The predicted molar refractivity (Wildman–Crippen MR) is 78.8 cm³/mol. The van der Waals surface area contributed by atoms with E-state index in [-0.39, 0.29) is 5.75 Å². The SMILES string of the molecule is CNCc1ccc(CS(=O)(=O)N2CCCOCC2)cc1. The molecule has 0 bridgehead atoms. The van der Waals surface area contributed by atoms with Crippen molar-refractivity contribution in [2.45, 2.75) is 18.7 Å². The molecule has 0 spiro atoms. The maximum absolute atomic E-state index is 12.4. The molecule has 5 nitrogen and oxygen atoms in total. The van der Waals surface area contributed by atoms with E-state index in [2.05, 4.69) is 5.32 Å². The molecule has 1 aliphatic rings. The summed E-state index contributed by atoms with van der Waals surface area (Å²) < 4.78 is 31.6. The molecule has 1 saturated heterocycles. The minimum Gasteiger partial charge on any atom is -0.380 e. The van der Waals surface area contributed by atoms with E-state index in [1.807, 2.05) is 31.3 Å². The molecule has 112 valence electrons. The van der Waals surface area contributed by atoms with E-state index in [9.17, 15) is 8.42 Å². The molecule has 0 aliphatic carbocycles. The number of sulfonamides is 1. The molecule has 0 radical (unpaired) electrons. The second kappa shape index (κ2) is 7.17. The van der Waals surface area contributed by atoms with Gasteiger partial charge in [-0.05, 0) is 24.6 Å². The molecular formula is C14H22N2O3S. The summed E-state index contributed by atoms with van der Waals surface area (Å²) in [6, 6.07) is 7.71. The van der Waals surface area contributed by atoms with Gasteiger partial charge < -0.3 is 10.1 Å². The van der Waals surface area contributed by atoms with Gasteiger partial charge in [0.05, 0.1) is 12.4 Å². The van der Waals surface area contributed by atoms with E-state index in [4.69, 9.17) is 4.74 Å². The van der Waals surface area contributed by atoms with Gasteiger partial charge in [0.25, 0.3) is 0 Å². The van der Waals surface area contributed by atoms with E-state index in [1.54, 1.807) is 4.31 Å². The maximum Gasteiger partial charge on any atom is 0.218 e. The second-order valence-electron chi connectivity index (χ2n) is 4.97. The van der Waals surface area contributed by atoms with Gasteiger partial charge >= 0.3 is 0 Å². The lowest BCUT2D eigenvalue weighted by Crippen LogP contribution is -2.34. The van der Waals surface area contributed by atoms with Crippen molar-refractivity contribution in [3.05, 3.63) is 35.4 Å². The van der Waals surface area contributed by atoms with Crippen molar-refractivity contribution in [1.82, 2.24) is 9.62 Å². The summed E-state index contributed by atoms with van der Waals surface area (Å²) in [6.45, 7) is 2.93. The number of nitrogens with zero attached hydrogens (tertiary/aromatic N) is 1. The number of nitrogens with one attached hydrogen (secondary N) is 1. The lowest BCUT2D eigenvalue weighted by molar-refractivity contribution is 0.148. The minimum atomic E-state index is -3.25. The zero-order chi connectivity index (χ0) is 14.4. The number of ether oxygens (including phenoxy) is 1. The fraction of sp³-hybridized carbons (Fsp3) is 0.571. The molecule has 20 heavy (non-hydrogen) atoms. The zero-order valence-electron chi connectivity index (χ0n) is 11.8. The van der Waals surface area contributed by atoms with Crippen molar-refractivity contribution < 1.29 is 13.2 Å². The van der Waals surface area contributed by atoms with Crippen LogP contribution in [0.1, 0.15) is 17.5 Å². The van der Waals surface area contributed by atoms with Crippen LogP contribution in [0.25, 0.3) is 0 Å². The molecule has 0 unspecified atom stereocenters. The summed E-state index contributed by atoms with van der Waals surface area (Å²) in [5.41, 5.74) is 1.98. The third-order valence-electron chi connectivity index (χ3n) is 3.33. The Kier molecular flexibility index (Phi) is 5.54. The number of benzene rings is 1. The van der Waals surface area contributed by atoms with Crippen molar-refractivity contribution in [2.75, 3.05) is 33.4 Å². The van der Waals surface area contributed by atoms with Crippen LogP contribution >= 0.6 is 0 Å². The van der Waals surface area contributed by atoms with Gasteiger partial charge in [-0.3, -0.25) is 0 Å². The Morgan fingerprint density at radius 3 is 2.55 bits per heavy atom. The smallest absolute Gasteiger partial charge is 0.218 e. The standard InChI is InChI=1S/C14H22N2O3S/c1-15-11-13-3-5-14(6-4-13)12-20(17,18)16-7-2-9-19-10-8-16/h3-6,15H,2,7-12H2,1H3. The Labute approximate surface area is 121 Å². The van der Waals surface area contributed by atoms with Gasteiger partial charge in [-0.15, -0.1) is 0 Å². The van der Waals surface area contributed by atoms with Crippen LogP contribution < -0.4 is 5.32 Å². The van der Waals surface area contributed by atoms with Crippen molar-refractivity contribution >= 4 is 10.0 Å². The predicted octanol–water partition coefficient (Wildman–Crippen LogP) is 0.958. The highest BCUT2D eigenvalue weighted by molar-refractivity contribution is 7.88. The van der Waals surface area contributed by atoms with E-state index >= 15 is 0 Å². The zero-order valence-corrected chi connectivity index (χ0v) is 12.7. The fourth-order valence-electron chi connectivity index (χ4n) is 2.26. The van der Waals surface area contributed by atoms with Gasteiger partial charge in [-0.25, -0.2) is 8.42 Å². The Balaban J connectivity index is 2.03. The van der Waals surface area contributed by atoms with Crippen molar-refractivity contribution in [3.63, 3.8) is 0 Å². The fourth-order valence-corrected chi connectivity index (χ4v) is 3.82. The van der Waals surface area contributed by atoms with Gasteiger partial charge in [-0.2, -0.15) is 4.31 Å². The van der Waals surface area contributed by atoms with E-state index in [0.29, 0.717) is 26.3 Å². The summed E-state index contributed by atoms with van der Waals surface area (Å²) in [5.74, 6) is 0.0623. The summed E-state index contributed by atoms with van der Waals surface area (Å²) in [5, 5.41) is 3.07. The Morgan fingerprint density at radius 2 is 1.85 bits per heavy atom. The molecule has 0 saturated carbocycles. The summed E-state index contributed by atoms with van der Waals surface area (Å²) in [6.07, 6.45) is 0.764. The van der Waals surface area contributed by atoms with Gasteiger partial charge in [-0.1, -0.05) is 24.3 Å². The average molecular weight is 298 g/mol. The Hall–Kier alpha value is -0.950. The van der Waals surface area contributed by atoms with Crippen molar-refractivity contribution in [2.24, 2.45) is 0 Å². The first-order chi connectivity index (χ1) is 9.62. The monoisotopic (exact) mass is 298 g/mol. The second-order valence-corrected chi connectivity index (χ2v) is 6.94. The van der Waals surface area contributed by atoms with Crippen LogP contribution in [0.4, 0.5) is 0 Å². The normalized spacial score (nSPS) is 17.9. The molecule has 1 N–H and O–H groups in total. The van der Waals surface area contributed by atoms with Gasteiger partial charge in [0, 0.05) is 26.2 Å². The quantitative estimate of drug-likeness (QED) is 0.879. The molecule has 1 heterocycles. The van der Waals surface area contributed by atoms with Gasteiger partial charge in [0.15, 0.2) is 0 Å². The first kappa shape index (κ1) is 15.4. The molecule has 0 amide bonds. The highest BCUT2D eigenvalue weighted by Gasteiger charge is 2.23. The Bertz CT molecular complexity index is 506. The first-order valence-electron chi connectivity index (χ1n) is 6.90. The number of hydrogen-bond acceptors (Lipinski definition) is 4. The molecular weight excluding hydrogens is 276 g/mol. The summed E-state index contributed by atoms with van der Waals surface area (Å²) in [4.78, 5) is 0. The summed E-state index contributed by atoms with van der Waals surface area (Å²) >= 11 is 0. The lowest BCUT2D eigenvalue weighted by atomic mass is 10.1. The Morgan fingerprint density at radius 1 is 1.15 bits per heavy atom. The first-order valence-corrected chi connectivity index (χ1v) is 8.51. The van der Waals surface area contributed by atoms with Crippen LogP contribution in [0.15, 0.2) is 24.3 Å². The molecule has 1 aromatic rings. The van der Waals surface area contributed by atoms with E-state index < -0.39 is 10.0 Å². The molecule has 2 rings (SSSR count). The molecule has 6 heteroatoms. The van der Waals surface area contributed by atoms with Crippen molar-refractivity contribution in [3.8, 4) is 0 Å². The average Bonchev–Trinajstić information content (AvgIpc) is 2.70. The van der Waals surface area contributed by atoms with Gasteiger partial charge in [0.2, 0.25) is 10.0 Å². The van der Waals surface area contributed by atoms with Gasteiger partial charge in [0.1, 0.15) is 0 Å². The third-order valence-corrected chi connectivity index (χ3v) is 5.18. The van der Waals surface area contributed by atoms with Crippen LogP contribution in [0, 0.1) is 0 Å². The maximum atomic E-state index is 12.4. The topological polar surface area (TPSA) is 58.6 Å². The van der Waals surface area contributed by atoms with E-state index in [1.165, 1.54) is 0 Å². The highest BCUT2D eigenvalue weighted by Crippen LogP contribution is 2.14. The lowest BCUT2D eigenvalue weighted by Gasteiger charge is -2.19. The number of rotatable bonds is 5. The van der Waals surface area contributed by atoms with Crippen LogP contribution in [0.2, 0.25) is 0 Å². The van der Waals surface area contributed by atoms with Crippen LogP contribution in [-0.4, -0.2) is 46.1 Å². The largest absolute Gasteiger partial charge is 0.380 e. The third kappa shape index (κ3) is 4.28. The molecule has 1 fully saturated rings. The van der Waals surface area contributed by atoms with Crippen LogP contribution in [0.5, 0.6) is 0 Å². The number of hydrogen-bond donors (Lipinski definition) is 1. The minimum absolute atomic E-state index is 0.0623. The van der Waals surface area contributed by atoms with Crippen LogP contribution in [-0.2, 0) is 27.1 Å². The molecule has 0 aromatic heterocycles. The van der Waals surface area contributed by atoms with Crippen molar-refractivity contribution in [1.29, 1.82) is 0 Å². The summed E-state index contributed by atoms with van der Waals surface area (Å²) in [7, 11) is -1.36. The molecule has 1 aliphatic heterocycles.